The summed E-state index contributed by atoms with van der Waals surface area (Å²) in [6.45, 7) is 0. The van der Waals surface area contributed by atoms with Crippen LogP contribution >= 0.6 is 39.7 Å². The quantitative estimate of drug-likeness (QED) is 0.459. The second kappa shape index (κ2) is 7.38. The lowest BCUT2D eigenvalue weighted by atomic mass is 10.2. The predicted octanol–water partition coefficient (Wildman–Crippen LogP) is 4.62. The minimum absolute atomic E-state index is 0.0291. The molecule has 0 unspecified atom stereocenters. The van der Waals surface area contributed by atoms with Gasteiger partial charge >= 0.3 is 0 Å². The Morgan fingerprint density at radius 3 is 2.76 bits per heavy atom. The number of benzene rings is 2. The van der Waals surface area contributed by atoms with Crippen molar-refractivity contribution in [3.8, 4) is 22.9 Å². The number of phenolic OH excluding ortho intramolecular Hbond substituents is 1. The topological polar surface area (TPSA) is 75.4 Å². The molecule has 0 bridgehead atoms. The van der Waals surface area contributed by atoms with Crippen LogP contribution in [0.5, 0.6) is 11.5 Å². The molecule has 0 aliphatic carbocycles. The molecule has 2 N–H and O–H groups in total. The highest BCUT2D eigenvalue weighted by molar-refractivity contribution is 9.10. The number of aromatic nitrogens is 3. The van der Waals surface area contributed by atoms with E-state index in [0.29, 0.717) is 31.4 Å². The van der Waals surface area contributed by atoms with Gasteiger partial charge in [0, 0.05) is 10.6 Å². The number of hydrogen-bond acceptors (Lipinski definition) is 5. The maximum Gasteiger partial charge on any atom is 0.216 e. The van der Waals surface area contributed by atoms with Crippen molar-refractivity contribution >= 4 is 46.0 Å². The zero-order valence-corrected chi connectivity index (χ0v) is 16.1. The first-order chi connectivity index (χ1) is 12.0. The number of nitrogens with zero attached hydrogens (tertiary/aromatic N) is 3. The Labute approximate surface area is 161 Å². The second-order valence-corrected chi connectivity index (χ2v) is 6.65. The van der Waals surface area contributed by atoms with Gasteiger partial charge in [-0.25, -0.2) is 5.10 Å². The van der Waals surface area contributed by atoms with E-state index in [1.54, 1.807) is 30.5 Å². The van der Waals surface area contributed by atoms with Crippen LogP contribution in [0, 0.1) is 4.77 Å². The molecule has 128 valence electrons. The van der Waals surface area contributed by atoms with E-state index in [0.717, 1.165) is 5.56 Å². The fourth-order valence-corrected chi connectivity index (χ4v) is 2.90. The lowest BCUT2D eigenvalue weighted by Crippen LogP contribution is -1.95. The van der Waals surface area contributed by atoms with Gasteiger partial charge in [0.05, 0.1) is 17.8 Å². The number of ether oxygens (including phenoxy) is 1. The van der Waals surface area contributed by atoms with Gasteiger partial charge in [0.25, 0.3) is 0 Å². The summed E-state index contributed by atoms with van der Waals surface area (Å²) in [6, 6.07) is 10.6. The molecule has 25 heavy (non-hydrogen) atoms. The Balaban J connectivity index is 2.00. The van der Waals surface area contributed by atoms with Gasteiger partial charge in [0.1, 0.15) is 0 Å². The fourth-order valence-electron chi connectivity index (χ4n) is 2.13. The third-order valence-electron chi connectivity index (χ3n) is 3.35. The first-order valence-corrected chi connectivity index (χ1v) is 8.61. The Hall–Kier alpha value is -2.16. The number of hydrogen-bond donors (Lipinski definition) is 2. The monoisotopic (exact) mass is 438 g/mol. The Kier molecular flexibility index (Phi) is 5.22. The lowest BCUT2D eigenvalue weighted by molar-refractivity contribution is 0.372. The largest absolute Gasteiger partial charge is 0.503 e. The molecule has 6 nitrogen and oxygen atoms in total. The van der Waals surface area contributed by atoms with Crippen LogP contribution in [0.3, 0.4) is 0 Å². The van der Waals surface area contributed by atoms with Crippen LogP contribution in [0.1, 0.15) is 5.56 Å². The van der Waals surface area contributed by atoms with Crippen LogP contribution in [-0.4, -0.2) is 33.3 Å². The zero-order valence-electron chi connectivity index (χ0n) is 12.9. The summed E-state index contributed by atoms with van der Waals surface area (Å²) < 4.78 is 7.49. The summed E-state index contributed by atoms with van der Waals surface area (Å²) in [5, 5.41) is 21.8. The van der Waals surface area contributed by atoms with Crippen molar-refractivity contribution in [2.45, 2.75) is 0 Å². The van der Waals surface area contributed by atoms with Gasteiger partial charge < -0.3 is 9.84 Å². The van der Waals surface area contributed by atoms with Gasteiger partial charge in [-0.15, -0.1) is 0 Å². The molecule has 1 heterocycles. The van der Waals surface area contributed by atoms with Gasteiger partial charge in [0.15, 0.2) is 17.3 Å². The minimum Gasteiger partial charge on any atom is -0.503 e. The van der Waals surface area contributed by atoms with E-state index in [-0.39, 0.29) is 5.75 Å². The highest BCUT2D eigenvalue weighted by Gasteiger charge is 2.10. The van der Waals surface area contributed by atoms with Gasteiger partial charge in [-0.1, -0.05) is 11.6 Å². The van der Waals surface area contributed by atoms with Crippen molar-refractivity contribution in [2.24, 2.45) is 5.10 Å². The Morgan fingerprint density at radius 2 is 2.08 bits per heavy atom. The second-order valence-electron chi connectivity index (χ2n) is 4.97. The molecule has 9 heteroatoms. The van der Waals surface area contributed by atoms with Crippen LogP contribution in [0.15, 0.2) is 46.0 Å². The van der Waals surface area contributed by atoms with Crippen molar-refractivity contribution < 1.29 is 9.84 Å². The molecule has 1 aromatic heterocycles. The number of H-pyrrole nitrogens is 1. The van der Waals surface area contributed by atoms with E-state index in [9.17, 15) is 5.11 Å². The maximum atomic E-state index is 9.87. The first-order valence-electron chi connectivity index (χ1n) is 7.04. The molecule has 0 atom stereocenters. The molecule has 0 saturated carbocycles. The molecule has 0 saturated heterocycles. The zero-order chi connectivity index (χ0) is 18.0. The Morgan fingerprint density at radius 1 is 1.36 bits per heavy atom. The molecular weight excluding hydrogens is 428 g/mol. The van der Waals surface area contributed by atoms with E-state index < -0.39 is 0 Å². The van der Waals surface area contributed by atoms with Gasteiger partial charge in [-0.2, -0.15) is 14.9 Å². The predicted molar refractivity (Wildman–Crippen MR) is 103 cm³/mol. The highest BCUT2D eigenvalue weighted by atomic mass is 79.9. The number of aromatic amines is 1. The van der Waals surface area contributed by atoms with Gasteiger partial charge in [0.2, 0.25) is 4.77 Å². The summed E-state index contributed by atoms with van der Waals surface area (Å²) in [5.74, 6) is 0.925. The first kappa shape index (κ1) is 17.7. The molecular formula is C16H12BrClN4O2S. The molecule has 0 fully saturated rings. The minimum atomic E-state index is 0.0291. The molecule has 3 rings (SSSR count). The number of aromatic hydroxyl groups is 1. The normalized spacial score (nSPS) is 11.2. The number of nitrogens with one attached hydrogen (secondary N) is 1. The molecule has 3 aromatic rings. The molecule has 0 spiro atoms. The van der Waals surface area contributed by atoms with Crippen molar-refractivity contribution in [1.29, 1.82) is 0 Å². The Bertz CT molecular complexity index is 998. The van der Waals surface area contributed by atoms with Crippen LogP contribution in [0.4, 0.5) is 0 Å². The molecule has 0 aliphatic heterocycles. The summed E-state index contributed by atoms with van der Waals surface area (Å²) in [4.78, 5) is 0. The number of phenols is 1. The van der Waals surface area contributed by atoms with Gasteiger partial charge in [-0.05, 0) is 70.1 Å². The van der Waals surface area contributed by atoms with Crippen LogP contribution in [-0.2, 0) is 0 Å². The van der Waals surface area contributed by atoms with Crippen molar-refractivity contribution in [3.05, 3.63) is 56.2 Å². The van der Waals surface area contributed by atoms with E-state index >= 15 is 0 Å². The van der Waals surface area contributed by atoms with Crippen molar-refractivity contribution in [1.82, 2.24) is 14.9 Å². The highest BCUT2D eigenvalue weighted by Crippen LogP contribution is 2.34. The van der Waals surface area contributed by atoms with E-state index in [1.165, 1.54) is 11.8 Å². The molecule has 0 aliphatic rings. The van der Waals surface area contributed by atoms with Gasteiger partial charge in [-0.3, -0.25) is 0 Å². The SMILES string of the molecule is COc1cc(C=Nn2c(-c3ccc(Cl)cc3)n[nH]c2=S)cc(Br)c1O. The summed E-state index contributed by atoms with van der Waals surface area (Å²) >= 11 is 14.4. The third kappa shape index (κ3) is 3.76. The van der Waals surface area contributed by atoms with Crippen molar-refractivity contribution in [3.63, 3.8) is 0 Å². The summed E-state index contributed by atoms with van der Waals surface area (Å²) in [7, 11) is 1.48. The van der Waals surface area contributed by atoms with E-state index in [2.05, 4.69) is 31.2 Å². The van der Waals surface area contributed by atoms with Crippen LogP contribution < -0.4 is 4.74 Å². The van der Waals surface area contributed by atoms with Crippen LogP contribution in [0.2, 0.25) is 5.02 Å². The van der Waals surface area contributed by atoms with Crippen molar-refractivity contribution in [2.75, 3.05) is 7.11 Å². The number of methoxy groups -OCH3 is 1. The average Bonchev–Trinajstić information content (AvgIpc) is 2.97. The smallest absolute Gasteiger partial charge is 0.216 e. The number of halogens is 2. The average molecular weight is 440 g/mol. The fraction of sp³-hybridized carbons (Fsp3) is 0.0625. The third-order valence-corrected chi connectivity index (χ3v) is 4.47. The molecule has 2 aromatic carbocycles. The number of rotatable bonds is 4. The molecule has 0 amide bonds. The maximum absolute atomic E-state index is 9.87. The standard InChI is InChI=1S/C16H12BrClN4O2S/c1-24-13-7-9(6-12(17)14(13)23)8-19-22-15(20-21-16(22)25)10-2-4-11(18)5-3-10/h2-8,23H,1H3,(H,21,25). The summed E-state index contributed by atoms with van der Waals surface area (Å²) in [5.41, 5.74) is 1.53. The lowest BCUT2D eigenvalue weighted by Gasteiger charge is -2.06. The summed E-state index contributed by atoms with van der Waals surface area (Å²) in [6.07, 6.45) is 1.59. The molecule has 0 radical (unpaired) electrons. The van der Waals surface area contributed by atoms with E-state index in [4.69, 9.17) is 28.6 Å². The van der Waals surface area contributed by atoms with E-state index in [1.807, 2.05) is 12.1 Å². The van der Waals surface area contributed by atoms with Crippen LogP contribution in [0.25, 0.3) is 11.4 Å².